The molecule has 0 heterocycles. The van der Waals surface area contributed by atoms with E-state index in [0.717, 1.165) is 5.56 Å². The van der Waals surface area contributed by atoms with Gasteiger partial charge in [0.1, 0.15) is 0 Å². The van der Waals surface area contributed by atoms with E-state index in [2.05, 4.69) is 4.72 Å². The van der Waals surface area contributed by atoms with E-state index in [1.165, 1.54) is 0 Å². The van der Waals surface area contributed by atoms with Crippen molar-refractivity contribution in [2.24, 2.45) is 5.73 Å². The summed E-state index contributed by atoms with van der Waals surface area (Å²) in [7, 11) is -0.171. The third kappa shape index (κ3) is 5.36. The van der Waals surface area contributed by atoms with E-state index in [1.807, 2.05) is 0 Å². The minimum absolute atomic E-state index is 0.0947. The largest absolute Gasteiger partial charge is 0.493 e. The van der Waals surface area contributed by atoms with Gasteiger partial charge in [0.15, 0.2) is 11.5 Å². The molecule has 0 unspecified atom stereocenters. The molecule has 7 heteroatoms. The van der Waals surface area contributed by atoms with E-state index in [-0.39, 0.29) is 12.3 Å². The van der Waals surface area contributed by atoms with Crippen LogP contribution in [0.2, 0.25) is 0 Å². The van der Waals surface area contributed by atoms with Crippen molar-refractivity contribution in [3.05, 3.63) is 23.8 Å². The van der Waals surface area contributed by atoms with Gasteiger partial charge in [0.05, 0.1) is 20.0 Å². The van der Waals surface area contributed by atoms with Crippen LogP contribution in [0.4, 0.5) is 0 Å². The molecule has 0 saturated carbocycles. The van der Waals surface area contributed by atoms with Gasteiger partial charge in [-0.05, 0) is 37.1 Å². The molecular formula is C13H22N2O4S. The van der Waals surface area contributed by atoms with Gasteiger partial charge in [0, 0.05) is 6.54 Å². The summed E-state index contributed by atoms with van der Waals surface area (Å²) < 4.78 is 36.4. The fourth-order valence-electron chi connectivity index (χ4n) is 1.69. The second-order valence-corrected chi connectivity index (χ2v) is 6.25. The van der Waals surface area contributed by atoms with E-state index in [1.54, 1.807) is 32.4 Å². The van der Waals surface area contributed by atoms with Crippen LogP contribution >= 0.6 is 0 Å². The topological polar surface area (TPSA) is 90.7 Å². The lowest BCUT2D eigenvalue weighted by Crippen LogP contribution is -2.26. The van der Waals surface area contributed by atoms with Gasteiger partial charge >= 0.3 is 0 Å². The van der Waals surface area contributed by atoms with Crippen LogP contribution in [0.15, 0.2) is 18.2 Å². The van der Waals surface area contributed by atoms with Crippen molar-refractivity contribution in [2.75, 3.05) is 26.5 Å². The summed E-state index contributed by atoms with van der Waals surface area (Å²) in [6.45, 7) is 0.733. The van der Waals surface area contributed by atoms with Crippen molar-refractivity contribution in [1.82, 2.24) is 4.72 Å². The fourth-order valence-corrected chi connectivity index (χ4v) is 2.81. The van der Waals surface area contributed by atoms with Gasteiger partial charge in [-0.1, -0.05) is 6.07 Å². The molecule has 1 aromatic rings. The smallest absolute Gasteiger partial charge is 0.211 e. The Kier molecular flexibility index (Phi) is 6.77. The van der Waals surface area contributed by atoms with Crippen molar-refractivity contribution >= 4 is 10.0 Å². The van der Waals surface area contributed by atoms with Crippen molar-refractivity contribution in [1.29, 1.82) is 0 Å². The molecule has 0 aromatic heterocycles. The van der Waals surface area contributed by atoms with Crippen LogP contribution < -0.4 is 19.9 Å². The summed E-state index contributed by atoms with van der Waals surface area (Å²) in [6.07, 6.45) is 1.27. The lowest BCUT2D eigenvalue weighted by atomic mass is 10.2. The van der Waals surface area contributed by atoms with Crippen molar-refractivity contribution < 1.29 is 17.9 Å². The van der Waals surface area contributed by atoms with Gasteiger partial charge < -0.3 is 15.2 Å². The van der Waals surface area contributed by atoms with Gasteiger partial charge in [-0.15, -0.1) is 0 Å². The van der Waals surface area contributed by atoms with E-state index in [9.17, 15) is 8.42 Å². The summed E-state index contributed by atoms with van der Waals surface area (Å²) in [5, 5.41) is 0. The monoisotopic (exact) mass is 302 g/mol. The molecule has 0 amide bonds. The SMILES string of the molecule is COc1ccc(CNS(=O)(=O)CCCCN)cc1OC. The summed E-state index contributed by atoms with van der Waals surface area (Å²) in [5.74, 6) is 1.28. The van der Waals surface area contributed by atoms with Crippen LogP contribution in [0.25, 0.3) is 0 Å². The van der Waals surface area contributed by atoms with Crippen LogP contribution in [0.5, 0.6) is 11.5 Å². The second-order valence-electron chi connectivity index (χ2n) is 4.33. The molecule has 3 N–H and O–H groups in total. The zero-order valence-electron chi connectivity index (χ0n) is 11.9. The molecular weight excluding hydrogens is 280 g/mol. The first-order valence-corrected chi connectivity index (χ1v) is 8.06. The Labute approximate surface area is 120 Å². The third-order valence-corrected chi connectivity index (χ3v) is 4.22. The minimum Gasteiger partial charge on any atom is -0.493 e. The molecule has 0 spiro atoms. The van der Waals surface area contributed by atoms with E-state index < -0.39 is 10.0 Å². The van der Waals surface area contributed by atoms with Gasteiger partial charge in [0.25, 0.3) is 0 Å². The molecule has 0 atom stereocenters. The Bertz CT molecular complexity index is 517. The maximum Gasteiger partial charge on any atom is 0.211 e. The van der Waals surface area contributed by atoms with Gasteiger partial charge in [0.2, 0.25) is 10.0 Å². The Morgan fingerprint density at radius 3 is 2.45 bits per heavy atom. The highest BCUT2D eigenvalue weighted by molar-refractivity contribution is 7.89. The highest BCUT2D eigenvalue weighted by Gasteiger charge is 2.10. The molecule has 0 aliphatic heterocycles. The molecule has 0 radical (unpaired) electrons. The third-order valence-electron chi connectivity index (χ3n) is 2.81. The molecule has 1 rings (SSSR count). The molecule has 1 aromatic carbocycles. The molecule has 0 aliphatic rings. The number of nitrogens with two attached hydrogens (primary N) is 1. The van der Waals surface area contributed by atoms with Crippen LogP contribution in [0.3, 0.4) is 0 Å². The Morgan fingerprint density at radius 2 is 1.85 bits per heavy atom. The molecule has 0 bridgehead atoms. The maximum atomic E-state index is 11.7. The van der Waals surface area contributed by atoms with E-state index in [4.69, 9.17) is 15.2 Å². The standard InChI is InChI=1S/C13H22N2O4S/c1-18-12-6-5-11(9-13(12)19-2)10-15-20(16,17)8-4-3-7-14/h5-6,9,15H,3-4,7-8,10,14H2,1-2H3. The van der Waals surface area contributed by atoms with Crippen molar-refractivity contribution in [3.63, 3.8) is 0 Å². The Hall–Kier alpha value is -1.31. The van der Waals surface area contributed by atoms with Gasteiger partial charge in [-0.3, -0.25) is 0 Å². The second kappa shape index (κ2) is 8.08. The van der Waals surface area contributed by atoms with Crippen LogP contribution in [0.1, 0.15) is 18.4 Å². The number of nitrogens with one attached hydrogen (secondary N) is 1. The number of hydrogen-bond acceptors (Lipinski definition) is 5. The van der Waals surface area contributed by atoms with Gasteiger partial charge in [-0.2, -0.15) is 0 Å². The average Bonchev–Trinajstić information content (AvgIpc) is 2.45. The zero-order valence-corrected chi connectivity index (χ0v) is 12.7. The Balaban J connectivity index is 2.61. The lowest BCUT2D eigenvalue weighted by molar-refractivity contribution is 0.354. The molecule has 0 fully saturated rings. The molecule has 20 heavy (non-hydrogen) atoms. The van der Waals surface area contributed by atoms with Crippen LogP contribution in [0, 0.1) is 0 Å². The number of rotatable bonds is 9. The summed E-state index contributed by atoms with van der Waals surface area (Å²) in [4.78, 5) is 0. The van der Waals surface area contributed by atoms with E-state index >= 15 is 0 Å². The number of sulfonamides is 1. The van der Waals surface area contributed by atoms with E-state index in [0.29, 0.717) is 30.9 Å². The number of methoxy groups -OCH3 is 2. The van der Waals surface area contributed by atoms with Crippen molar-refractivity contribution in [3.8, 4) is 11.5 Å². The quantitative estimate of drug-likeness (QED) is 0.660. The molecule has 114 valence electrons. The molecule has 0 saturated heterocycles. The summed E-state index contributed by atoms with van der Waals surface area (Å²) in [6, 6.07) is 5.29. The maximum absolute atomic E-state index is 11.7. The summed E-state index contributed by atoms with van der Waals surface area (Å²) >= 11 is 0. The number of hydrogen-bond donors (Lipinski definition) is 2. The number of ether oxygens (including phenoxy) is 2. The zero-order chi connectivity index (χ0) is 15.0. The fraction of sp³-hybridized carbons (Fsp3) is 0.538. The summed E-state index contributed by atoms with van der Waals surface area (Å²) in [5.41, 5.74) is 6.15. The highest BCUT2D eigenvalue weighted by Crippen LogP contribution is 2.27. The molecule has 6 nitrogen and oxygen atoms in total. The van der Waals surface area contributed by atoms with Crippen molar-refractivity contribution in [2.45, 2.75) is 19.4 Å². The lowest BCUT2D eigenvalue weighted by Gasteiger charge is -2.10. The normalized spacial score (nSPS) is 11.3. The Morgan fingerprint density at radius 1 is 1.15 bits per heavy atom. The predicted molar refractivity (Wildman–Crippen MR) is 78.5 cm³/mol. The first-order chi connectivity index (χ1) is 9.52. The van der Waals surface area contributed by atoms with Gasteiger partial charge in [-0.25, -0.2) is 13.1 Å². The number of unbranched alkanes of at least 4 members (excludes halogenated alkanes) is 1. The van der Waals surface area contributed by atoms with Crippen LogP contribution in [-0.4, -0.2) is 34.9 Å². The van der Waals surface area contributed by atoms with Crippen LogP contribution in [-0.2, 0) is 16.6 Å². The molecule has 0 aliphatic carbocycles. The average molecular weight is 302 g/mol. The predicted octanol–water partition coefficient (Wildman–Crippen LogP) is 0.862. The minimum atomic E-state index is -3.26. The first-order valence-electron chi connectivity index (χ1n) is 6.40. The first kappa shape index (κ1) is 16.7. The number of benzene rings is 1. The highest BCUT2D eigenvalue weighted by atomic mass is 32.2.